The van der Waals surface area contributed by atoms with E-state index < -0.39 is 0 Å². The normalized spacial score (nSPS) is 19.0. The zero-order valence-corrected chi connectivity index (χ0v) is 18.3. The van der Waals surface area contributed by atoms with Crippen molar-refractivity contribution in [3.05, 3.63) is 58.4 Å². The first-order valence-corrected chi connectivity index (χ1v) is 10.2. The predicted molar refractivity (Wildman–Crippen MR) is 114 cm³/mol. The van der Waals surface area contributed by atoms with Crippen LogP contribution in [0.3, 0.4) is 0 Å². The first-order valence-electron chi connectivity index (χ1n) is 10.2. The zero-order chi connectivity index (χ0) is 22.9. The van der Waals surface area contributed by atoms with Crippen LogP contribution in [-0.2, 0) is 22.5 Å². The Labute approximate surface area is 185 Å². The second kappa shape index (κ2) is 8.63. The number of allylic oxidation sites excluding steroid dienone is 1. The van der Waals surface area contributed by atoms with E-state index in [1.165, 1.54) is 25.3 Å². The van der Waals surface area contributed by atoms with E-state index in [4.69, 9.17) is 18.9 Å². The zero-order valence-electron chi connectivity index (χ0n) is 18.3. The molecule has 0 saturated carbocycles. The molecule has 1 unspecified atom stereocenters. The Bertz CT molecular complexity index is 1110. The minimum absolute atomic E-state index is 0.0171. The number of halogens is 1. The first kappa shape index (κ1) is 21.8. The van der Waals surface area contributed by atoms with E-state index in [1.807, 2.05) is 7.05 Å². The maximum Gasteiger partial charge on any atom is 0.361 e. The highest BCUT2D eigenvalue weighted by Crippen LogP contribution is 2.50. The molecule has 0 bridgehead atoms. The lowest BCUT2D eigenvalue weighted by Crippen LogP contribution is -2.51. The fourth-order valence-corrected chi connectivity index (χ4v) is 4.33. The summed E-state index contributed by atoms with van der Waals surface area (Å²) in [6.45, 7) is 1.30. The van der Waals surface area contributed by atoms with E-state index in [0.29, 0.717) is 52.4 Å². The minimum Gasteiger partial charge on any atom is -0.492 e. The van der Waals surface area contributed by atoms with Gasteiger partial charge in [-0.05, 0) is 29.3 Å². The molecule has 0 radical (unpaired) electrons. The number of methoxy groups -OCH3 is 2. The van der Waals surface area contributed by atoms with Crippen LogP contribution in [0.1, 0.15) is 27.0 Å². The van der Waals surface area contributed by atoms with Crippen LogP contribution in [0.5, 0.6) is 17.2 Å². The number of rotatable bonds is 6. The Balaban J connectivity index is 1.77. The van der Waals surface area contributed by atoms with Crippen LogP contribution in [0.4, 0.5) is 4.39 Å². The Hall–Kier alpha value is -3.39. The highest BCUT2D eigenvalue weighted by Gasteiger charge is 2.40. The molecule has 8 heteroatoms. The van der Waals surface area contributed by atoms with Crippen molar-refractivity contribution in [2.24, 2.45) is 0 Å². The number of carbonyl (C=O) groups excluding carboxylic acids is 2. The number of carbonyl (C=O) groups is 2. The summed E-state index contributed by atoms with van der Waals surface area (Å²) in [5.41, 5.74) is 2.64. The van der Waals surface area contributed by atoms with E-state index in [0.717, 1.165) is 11.1 Å². The van der Waals surface area contributed by atoms with Crippen LogP contribution in [0.25, 0.3) is 6.08 Å². The molecular weight excluding hydrogens is 417 g/mol. The van der Waals surface area contributed by atoms with Gasteiger partial charge in [0.05, 0.1) is 38.9 Å². The van der Waals surface area contributed by atoms with E-state index in [1.54, 1.807) is 25.3 Å². The molecular formula is C24H25FNO6+. The summed E-state index contributed by atoms with van der Waals surface area (Å²) in [6.07, 6.45) is 3.53. The van der Waals surface area contributed by atoms with Crippen molar-refractivity contribution in [1.29, 1.82) is 0 Å². The monoisotopic (exact) mass is 442 g/mol. The number of esters is 1. The highest BCUT2D eigenvalue weighted by molar-refractivity contribution is 6.11. The van der Waals surface area contributed by atoms with Crippen LogP contribution in [-0.4, -0.2) is 57.4 Å². The third-order valence-electron chi connectivity index (χ3n) is 5.89. The van der Waals surface area contributed by atoms with Crippen molar-refractivity contribution in [2.45, 2.75) is 13.0 Å². The topological polar surface area (TPSA) is 71.1 Å². The van der Waals surface area contributed by atoms with Gasteiger partial charge in [-0.15, -0.1) is 0 Å². The summed E-state index contributed by atoms with van der Waals surface area (Å²) in [6, 6.07) is 6.01. The highest BCUT2D eigenvalue weighted by atomic mass is 19.1. The maximum atomic E-state index is 13.5. The van der Waals surface area contributed by atoms with Crippen molar-refractivity contribution in [1.82, 2.24) is 0 Å². The van der Waals surface area contributed by atoms with E-state index in [-0.39, 0.29) is 30.9 Å². The van der Waals surface area contributed by atoms with Crippen LogP contribution in [0.15, 0.2) is 30.3 Å². The quantitative estimate of drug-likeness (QED) is 0.296. The van der Waals surface area contributed by atoms with Gasteiger partial charge in [-0.2, -0.15) is 0 Å². The number of fused-ring (bicyclic) bond motifs is 2. The lowest BCUT2D eigenvalue weighted by Gasteiger charge is -2.38. The predicted octanol–water partition coefficient (Wildman–Crippen LogP) is 3.13. The number of ether oxygens (including phenoxy) is 4. The van der Waals surface area contributed by atoms with Gasteiger partial charge in [0, 0.05) is 6.42 Å². The van der Waals surface area contributed by atoms with Crippen molar-refractivity contribution < 1.29 is 37.4 Å². The summed E-state index contributed by atoms with van der Waals surface area (Å²) in [4.78, 5) is 25.2. The molecule has 2 aromatic carbocycles. The number of ketones is 1. The van der Waals surface area contributed by atoms with Gasteiger partial charge in [-0.25, -0.2) is 9.18 Å². The van der Waals surface area contributed by atoms with Gasteiger partial charge in [0.2, 0.25) is 12.5 Å². The Morgan fingerprint density at radius 2 is 1.97 bits per heavy atom. The second-order valence-electron chi connectivity index (χ2n) is 8.17. The van der Waals surface area contributed by atoms with Gasteiger partial charge in [0.25, 0.3) is 0 Å². The third-order valence-corrected chi connectivity index (χ3v) is 5.89. The summed E-state index contributed by atoms with van der Waals surface area (Å²) in [5.74, 6) is 0.330. The van der Waals surface area contributed by atoms with Gasteiger partial charge in [0.15, 0.2) is 23.8 Å². The molecule has 4 rings (SSSR count). The minimum atomic E-state index is -0.373. The van der Waals surface area contributed by atoms with Crippen molar-refractivity contribution in [3.8, 4) is 17.2 Å². The van der Waals surface area contributed by atoms with Crippen molar-refractivity contribution >= 4 is 17.8 Å². The molecule has 0 N–H and O–H groups in total. The number of nitrogens with zero attached hydrogens (tertiary/aromatic N) is 1. The van der Waals surface area contributed by atoms with E-state index >= 15 is 0 Å². The van der Waals surface area contributed by atoms with Crippen LogP contribution in [0.2, 0.25) is 0 Å². The molecule has 2 aromatic rings. The van der Waals surface area contributed by atoms with Gasteiger partial charge in [0.1, 0.15) is 12.4 Å². The summed E-state index contributed by atoms with van der Waals surface area (Å²) >= 11 is 0. The Morgan fingerprint density at radius 3 is 2.69 bits per heavy atom. The molecule has 2 aliphatic heterocycles. The molecule has 32 heavy (non-hydrogen) atoms. The van der Waals surface area contributed by atoms with E-state index in [9.17, 15) is 14.0 Å². The maximum absolute atomic E-state index is 13.5. The van der Waals surface area contributed by atoms with Crippen LogP contribution >= 0.6 is 0 Å². The average molecular weight is 442 g/mol. The molecule has 0 amide bonds. The smallest absolute Gasteiger partial charge is 0.361 e. The van der Waals surface area contributed by atoms with E-state index in [2.05, 4.69) is 0 Å². The largest absolute Gasteiger partial charge is 0.492 e. The molecule has 0 spiro atoms. The molecule has 0 aliphatic carbocycles. The van der Waals surface area contributed by atoms with Gasteiger partial charge >= 0.3 is 5.97 Å². The Morgan fingerprint density at radius 1 is 1.19 bits per heavy atom. The molecule has 0 aromatic heterocycles. The van der Waals surface area contributed by atoms with Crippen LogP contribution < -0.4 is 14.2 Å². The number of benzene rings is 2. The van der Waals surface area contributed by atoms with Gasteiger partial charge < -0.3 is 23.4 Å². The fourth-order valence-electron chi connectivity index (χ4n) is 4.33. The lowest BCUT2D eigenvalue weighted by atomic mass is 9.89. The molecule has 0 saturated heterocycles. The Kier molecular flexibility index (Phi) is 5.88. The summed E-state index contributed by atoms with van der Waals surface area (Å²) in [7, 11) is 4.88. The molecule has 0 fully saturated rings. The molecule has 1 atom stereocenters. The number of hydrogen-bond acceptors (Lipinski definition) is 6. The third kappa shape index (κ3) is 4.05. The van der Waals surface area contributed by atoms with Gasteiger partial charge in [-0.1, -0.05) is 18.2 Å². The van der Waals surface area contributed by atoms with Gasteiger partial charge in [-0.3, -0.25) is 4.79 Å². The molecule has 7 nitrogen and oxygen atoms in total. The van der Waals surface area contributed by atoms with Crippen LogP contribution in [0, 0.1) is 5.82 Å². The SMILES string of the molecule is COC(=O)C[N+]1(C)CCc2c(c(OC)c3c(c2C(=O)/C=C/c2cccc(F)c2)OCO3)C1. The number of hydrogen-bond donors (Lipinski definition) is 0. The van der Waals surface area contributed by atoms with Crippen molar-refractivity contribution in [2.75, 3.05) is 41.1 Å². The average Bonchev–Trinajstić information content (AvgIpc) is 3.24. The standard InChI is InChI=1S/C24H25FNO6/c1-26(13-20(28)29-2)10-9-17-18(12-26)22(30-3)24-23(31-14-32-24)21(17)19(27)8-7-15-5-4-6-16(25)11-15/h4-8,11H,9-10,12-14H2,1-3H3/q+1/b8-7+. The fraction of sp³-hybridized carbons (Fsp3) is 0.333. The molecule has 2 aliphatic rings. The number of likely N-dealkylation sites (N-methyl/N-ethyl adjacent to an activating group) is 1. The summed E-state index contributed by atoms with van der Waals surface area (Å²) < 4.78 is 35.7. The second-order valence-corrected chi connectivity index (χ2v) is 8.17. The van der Waals surface area contributed by atoms with Crippen molar-refractivity contribution in [3.63, 3.8) is 0 Å². The molecule has 168 valence electrons. The first-order chi connectivity index (χ1) is 15.3. The summed E-state index contributed by atoms with van der Waals surface area (Å²) in [5, 5.41) is 0. The lowest BCUT2D eigenvalue weighted by molar-refractivity contribution is -0.917. The number of quaternary nitrogens is 1. The molecule has 2 heterocycles.